The number of rotatable bonds is 3. The minimum atomic E-state index is -0.612. The summed E-state index contributed by atoms with van der Waals surface area (Å²) in [4.78, 5) is 49.2. The van der Waals surface area contributed by atoms with Gasteiger partial charge in [-0.25, -0.2) is 19.7 Å². The first-order chi connectivity index (χ1) is 16.3. The molecule has 178 valence electrons. The van der Waals surface area contributed by atoms with E-state index in [1.165, 1.54) is 34.0 Å². The average Bonchev–Trinajstić information content (AvgIpc) is 3.48. The maximum atomic E-state index is 12.8. The van der Waals surface area contributed by atoms with Crippen LogP contribution in [0.25, 0.3) is 20.9 Å². The molecule has 2 aliphatic rings. The van der Waals surface area contributed by atoms with Gasteiger partial charge in [-0.05, 0) is 45.7 Å². The van der Waals surface area contributed by atoms with E-state index >= 15 is 0 Å². The Bertz CT molecular complexity index is 1220. The lowest BCUT2D eigenvalue weighted by Crippen LogP contribution is -2.53. The third kappa shape index (κ3) is 4.65. The van der Waals surface area contributed by atoms with Crippen molar-refractivity contribution in [2.24, 2.45) is 0 Å². The predicted octanol–water partition coefficient (Wildman–Crippen LogP) is 3.33. The third-order valence-electron chi connectivity index (χ3n) is 5.68. The second-order valence-electron chi connectivity index (χ2n) is 9.43. The molecule has 0 unspecified atom stereocenters. The van der Waals surface area contributed by atoms with Gasteiger partial charge >= 0.3 is 6.09 Å². The lowest BCUT2D eigenvalue weighted by atomic mass is 10.2. The van der Waals surface area contributed by atoms with E-state index in [0.717, 1.165) is 29.5 Å². The lowest BCUT2D eigenvalue weighted by Gasteiger charge is -2.34. The fourth-order valence-electron chi connectivity index (χ4n) is 3.99. The predicted molar refractivity (Wildman–Crippen MR) is 130 cm³/mol. The molecular weight excluding hydrogens is 454 g/mol. The summed E-state index contributed by atoms with van der Waals surface area (Å²) in [6.45, 7) is 8.09. The molecule has 3 aromatic heterocycles. The molecule has 0 aromatic carbocycles. The van der Waals surface area contributed by atoms with Gasteiger partial charge < -0.3 is 9.64 Å². The minimum Gasteiger partial charge on any atom is -0.444 e. The number of hydrogen-bond acceptors (Lipinski definition) is 9. The van der Waals surface area contributed by atoms with Crippen LogP contribution in [0.1, 0.15) is 33.6 Å². The van der Waals surface area contributed by atoms with E-state index in [0.29, 0.717) is 29.4 Å². The van der Waals surface area contributed by atoms with Crippen LogP contribution in [0.3, 0.4) is 0 Å². The maximum Gasteiger partial charge on any atom is 0.410 e. The van der Waals surface area contributed by atoms with Gasteiger partial charge in [-0.15, -0.1) is 0 Å². The SMILES string of the molecule is CC(C)(C)OC(=O)N1CCN(c2ncc3nc(-c4ccc(N5CCCC5)nc4)sc3n2)C(=O)C1. The Labute approximate surface area is 201 Å². The molecular formula is C23H27N7O3S. The van der Waals surface area contributed by atoms with Crippen molar-refractivity contribution in [3.05, 3.63) is 24.5 Å². The van der Waals surface area contributed by atoms with Gasteiger partial charge in [0.25, 0.3) is 0 Å². The third-order valence-corrected chi connectivity index (χ3v) is 6.69. The normalized spacial score (nSPS) is 17.0. The highest BCUT2D eigenvalue weighted by molar-refractivity contribution is 7.21. The van der Waals surface area contributed by atoms with Crippen LogP contribution in [0.4, 0.5) is 16.6 Å². The van der Waals surface area contributed by atoms with E-state index in [4.69, 9.17) is 4.74 Å². The molecule has 0 aliphatic carbocycles. The number of carbonyl (C=O) groups is 2. The van der Waals surface area contributed by atoms with E-state index in [9.17, 15) is 9.59 Å². The Balaban J connectivity index is 1.30. The standard InChI is InChI=1S/C23H27N7O3S/c1-23(2,3)33-22(32)29-10-11-30(18(31)14-29)21-25-13-16-20(27-21)34-19(26-16)15-6-7-17(24-12-15)28-8-4-5-9-28/h6-7,12-13H,4-5,8-11,14H2,1-3H3. The molecule has 2 fully saturated rings. The van der Waals surface area contributed by atoms with E-state index in [-0.39, 0.29) is 12.5 Å². The van der Waals surface area contributed by atoms with Crippen molar-refractivity contribution in [3.8, 4) is 10.6 Å². The summed E-state index contributed by atoms with van der Waals surface area (Å²) in [7, 11) is 0. The number of hydrogen-bond donors (Lipinski definition) is 0. The van der Waals surface area contributed by atoms with Gasteiger partial charge in [0.2, 0.25) is 11.9 Å². The van der Waals surface area contributed by atoms with Crippen LogP contribution in [0.2, 0.25) is 0 Å². The van der Waals surface area contributed by atoms with Crippen LogP contribution >= 0.6 is 11.3 Å². The molecule has 0 N–H and O–H groups in total. The van der Waals surface area contributed by atoms with E-state index in [1.807, 2.05) is 18.3 Å². The zero-order chi connectivity index (χ0) is 23.9. The van der Waals surface area contributed by atoms with Crippen molar-refractivity contribution in [1.29, 1.82) is 0 Å². The summed E-state index contributed by atoms with van der Waals surface area (Å²) >= 11 is 1.44. The molecule has 3 aromatic rings. The van der Waals surface area contributed by atoms with Crippen LogP contribution in [-0.2, 0) is 9.53 Å². The molecule has 5 heterocycles. The molecule has 0 atom stereocenters. The fraction of sp³-hybridized carbons (Fsp3) is 0.478. The summed E-state index contributed by atoms with van der Waals surface area (Å²) in [5.41, 5.74) is 0.987. The Morgan fingerprint density at radius 2 is 1.82 bits per heavy atom. The summed E-state index contributed by atoms with van der Waals surface area (Å²) in [6.07, 6.45) is 5.41. The number of carbonyl (C=O) groups excluding carboxylic acids is 2. The monoisotopic (exact) mass is 481 g/mol. The highest BCUT2D eigenvalue weighted by Gasteiger charge is 2.32. The first-order valence-corrected chi connectivity index (χ1v) is 12.2. The topological polar surface area (TPSA) is 105 Å². The van der Waals surface area contributed by atoms with Crippen LogP contribution in [0.5, 0.6) is 0 Å². The number of fused-ring (bicyclic) bond motifs is 1. The van der Waals surface area contributed by atoms with Gasteiger partial charge in [-0.1, -0.05) is 11.3 Å². The average molecular weight is 482 g/mol. The van der Waals surface area contributed by atoms with Crippen molar-refractivity contribution in [2.45, 2.75) is 39.2 Å². The zero-order valence-corrected chi connectivity index (χ0v) is 20.3. The lowest BCUT2D eigenvalue weighted by molar-refractivity contribution is -0.121. The van der Waals surface area contributed by atoms with Gasteiger partial charge in [-0.3, -0.25) is 14.6 Å². The minimum absolute atomic E-state index is 0.0702. The number of ether oxygens (including phenoxy) is 1. The van der Waals surface area contributed by atoms with Gasteiger partial charge in [0.15, 0.2) is 0 Å². The largest absolute Gasteiger partial charge is 0.444 e. The highest BCUT2D eigenvalue weighted by atomic mass is 32.1. The van der Waals surface area contributed by atoms with Crippen LogP contribution in [-0.4, -0.2) is 75.2 Å². The smallest absolute Gasteiger partial charge is 0.410 e. The van der Waals surface area contributed by atoms with E-state index < -0.39 is 11.7 Å². The zero-order valence-electron chi connectivity index (χ0n) is 19.5. The van der Waals surface area contributed by atoms with Crippen LogP contribution < -0.4 is 9.80 Å². The Hall–Kier alpha value is -3.34. The molecule has 0 saturated carbocycles. The van der Waals surface area contributed by atoms with Gasteiger partial charge in [0, 0.05) is 37.9 Å². The first kappa shape index (κ1) is 22.5. The van der Waals surface area contributed by atoms with Crippen molar-refractivity contribution in [2.75, 3.05) is 42.5 Å². The molecule has 5 rings (SSSR count). The number of pyridine rings is 1. The fourth-order valence-corrected chi connectivity index (χ4v) is 4.89. The summed E-state index contributed by atoms with van der Waals surface area (Å²) in [5.74, 6) is 1.07. The Morgan fingerprint density at radius 1 is 1.03 bits per heavy atom. The summed E-state index contributed by atoms with van der Waals surface area (Å²) in [5, 5.41) is 0.808. The van der Waals surface area contributed by atoms with Crippen molar-refractivity contribution >= 4 is 45.5 Å². The molecule has 10 nitrogen and oxygen atoms in total. The van der Waals surface area contributed by atoms with Crippen LogP contribution in [0.15, 0.2) is 24.5 Å². The number of aromatic nitrogens is 4. The number of thiazole rings is 1. The first-order valence-electron chi connectivity index (χ1n) is 11.4. The van der Waals surface area contributed by atoms with Gasteiger partial charge in [0.1, 0.15) is 33.3 Å². The van der Waals surface area contributed by atoms with E-state index in [1.54, 1.807) is 27.0 Å². The molecule has 34 heavy (non-hydrogen) atoms. The molecule has 0 spiro atoms. The summed E-state index contributed by atoms with van der Waals surface area (Å²) in [6, 6.07) is 4.07. The highest BCUT2D eigenvalue weighted by Crippen LogP contribution is 2.30. The molecule has 11 heteroatoms. The van der Waals surface area contributed by atoms with E-state index in [2.05, 4.69) is 24.8 Å². The van der Waals surface area contributed by atoms with Gasteiger partial charge in [-0.2, -0.15) is 4.98 Å². The molecule has 0 radical (unpaired) electrons. The number of amides is 2. The molecule has 2 amide bonds. The van der Waals surface area contributed by atoms with Crippen molar-refractivity contribution in [3.63, 3.8) is 0 Å². The summed E-state index contributed by atoms with van der Waals surface area (Å²) < 4.78 is 5.38. The number of anilines is 2. The maximum absolute atomic E-state index is 12.8. The Morgan fingerprint density at radius 3 is 2.50 bits per heavy atom. The number of nitrogens with zero attached hydrogens (tertiary/aromatic N) is 7. The second kappa shape index (κ2) is 8.79. The van der Waals surface area contributed by atoms with Crippen molar-refractivity contribution < 1.29 is 14.3 Å². The molecule has 2 aliphatic heterocycles. The molecule has 0 bridgehead atoms. The quantitative estimate of drug-likeness (QED) is 0.561. The van der Waals surface area contributed by atoms with Crippen LogP contribution in [0, 0.1) is 0 Å². The molecule has 2 saturated heterocycles. The Kier molecular flexibility index (Phi) is 5.80. The number of piperazine rings is 1. The van der Waals surface area contributed by atoms with Crippen molar-refractivity contribution in [1.82, 2.24) is 24.8 Å². The van der Waals surface area contributed by atoms with Gasteiger partial charge in [0.05, 0.1) is 6.20 Å². The second-order valence-corrected chi connectivity index (χ2v) is 10.4.